The second kappa shape index (κ2) is 8.80. The standard InChI is InChI=1S/C16H22FN5O6S/c17-12-8-11(9-13(23)15(12)22-10-14(24)20-29(22,26)27)19-16(25)18-2-1-3-21-4-6-28-7-5-21/h8-9,23H,1-7,10H2,(H,20,24)(H2,18,19,25). The Morgan fingerprint density at radius 1 is 1.31 bits per heavy atom. The highest BCUT2D eigenvalue weighted by atomic mass is 32.2. The molecule has 2 aliphatic rings. The van der Waals surface area contributed by atoms with Crippen molar-refractivity contribution in [3.05, 3.63) is 17.9 Å². The lowest BCUT2D eigenvalue weighted by molar-refractivity contribution is -0.117. The number of nitrogens with one attached hydrogen (secondary N) is 3. The van der Waals surface area contributed by atoms with Gasteiger partial charge in [-0.1, -0.05) is 0 Å². The van der Waals surface area contributed by atoms with E-state index >= 15 is 0 Å². The van der Waals surface area contributed by atoms with Gasteiger partial charge in [-0.2, -0.15) is 8.42 Å². The van der Waals surface area contributed by atoms with Crippen molar-refractivity contribution in [1.29, 1.82) is 0 Å². The summed E-state index contributed by atoms with van der Waals surface area (Å²) in [5.74, 6) is -2.68. The van der Waals surface area contributed by atoms with E-state index in [1.54, 1.807) is 4.72 Å². The number of amides is 3. The number of ether oxygens (including phenoxy) is 1. The zero-order valence-corrected chi connectivity index (χ0v) is 16.3. The molecule has 0 radical (unpaired) electrons. The summed E-state index contributed by atoms with van der Waals surface area (Å²) >= 11 is 0. The smallest absolute Gasteiger partial charge is 0.326 e. The van der Waals surface area contributed by atoms with E-state index in [-0.39, 0.29) is 5.69 Å². The summed E-state index contributed by atoms with van der Waals surface area (Å²) in [6.07, 6.45) is 0.722. The average Bonchev–Trinajstić information content (AvgIpc) is 2.91. The molecule has 2 aliphatic heterocycles. The maximum atomic E-state index is 14.4. The molecule has 2 fully saturated rings. The third-order valence-electron chi connectivity index (χ3n) is 4.41. The molecule has 0 aromatic heterocycles. The lowest BCUT2D eigenvalue weighted by atomic mass is 10.2. The molecule has 2 heterocycles. The number of carbonyl (C=O) groups excluding carboxylic acids is 2. The van der Waals surface area contributed by atoms with Gasteiger partial charge < -0.3 is 20.5 Å². The summed E-state index contributed by atoms with van der Waals surface area (Å²) < 4.78 is 45.4. The lowest BCUT2D eigenvalue weighted by Crippen LogP contribution is -2.38. The van der Waals surface area contributed by atoms with Crippen LogP contribution in [0.4, 0.5) is 20.6 Å². The Hall–Kier alpha value is -2.64. The highest BCUT2D eigenvalue weighted by Gasteiger charge is 2.37. The van der Waals surface area contributed by atoms with Gasteiger partial charge in [-0.25, -0.2) is 18.2 Å². The Morgan fingerprint density at radius 3 is 2.66 bits per heavy atom. The Balaban J connectivity index is 1.55. The molecule has 3 rings (SSSR count). The van der Waals surface area contributed by atoms with Gasteiger partial charge in [0.25, 0.3) is 5.91 Å². The van der Waals surface area contributed by atoms with Gasteiger partial charge >= 0.3 is 16.2 Å². The molecule has 0 saturated carbocycles. The molecule has 1 aromatic rings. The van der Waals surface area contributed by atoms with Crippen molar-refractivity contribution in [2.45, 2.75) is 6.42 Å². The summed E-state index contributed by atoms with van der Waals surface area (Å²) in [5.41, 5.74) is -0.731. The molecule has 0 spiro atoms. The molecular formula is C16H22FN5O6S. The van der Waals surface area contributed by atoms with E-state index in [2.05, 4.69) is 15.5 Å². The number of aromatic hydroxyl groups is 1. The normalized spacial score (nSPS) is 19.1. The molecule has 0 atom stereocenters. The molecule has 0 unspecified atom stereocenters. The van der Waals surface area contributed by atoms with Gasteiger partial charge in [0, 0.05) is 31.4 Å². The zero-order chi connectivity index (χ0) is 21.0. The molecule has 1 aromatic carbocycles. The predicted molar refractivity (Wildman–Crippen MR) is 101 cm³/mol. The van der Waals surface area contributed by atoms with Crippen LogP contribution >= 0.6 is 0 Å². The topological polar surface area (TPSA) is 140 Å². The number of morpholine rings is 1. The van der Waals surface area contributed by atoms with Crippen molar-refractivity contribution in [2.24, 2.45) is 0 Å². The van der Waals surface area contributed by atoms with Gasteiger partial charge in [-0.3, -0.25) is 9.69 Å². The van der Waals surface area contributed by atoms with Crippen LogP contribution in [-0.2, 0) is 19.7 Å². The second-order valence-corrected chi connectivity index (χ2v) is 8.15. The number of hydrogen-bond donors (Lipinski definition) is 4. The first kappa shape index (κ1) is 21.1. The van der Waals surface area contributed by atoms with Gasteiger partial charge in [0.1, 0.15) is 18.0 Å². The Bertz CT molecular complexity index is 867. The van der Waals surface area contributed by atoms with Crippen LogP contribution in [0, 0.1) is 5.82 Å². The number of hydrogen-bond acceptors (Lipinski definition) is 7. The van der Waals surface area contributed by atoms with E-state index < -0.39 is 45.9 Å². The number of phenols is 1. The first-order valence-corrected chi connectivity index (χ1v) is 10.4. The van der Waals surface area contributed by atoms with E-state index in [1.165, 1.54) is 0 Å². The number of anilines is 2. The molecule has 4 N–H and O–H groups in total. The van der Waals surface area contributed by atoms with Gasteiger partial charge in [-0.15, -0.1) is 0 Å². The molecule has 13 heteroatoms. The lowest BCUT2D eigenvalue weighted by Gasteiger charge is -2.26. The van der Waals surface area contributed by atoms with E-state index in [9.17, 15) is 27.5 Å². The fourth-order valence-corrected chi connectivity index (χ4v) is 4.22. The molecule has 11 nitrogen and oxygen atoms in total. The summed E-state index contributed by atoms with van der Waals surface area (Å²) in [6.45, 7) is 3.66. The Kier molecular flexibility index (Phi) is 6.39. The SMILES string of the molecule is O=C1CN(c2c(O)cc(NC(=O)NCCCN3CCOCC3)cc2F)S(=O)(=O)N1. The number of rotatable bonds is 6. The van der Waals surface area contributed by atoms with Gasteiger partial charge in [0.15, 0.2) is 5.82 Å². The summed E-state index contributed by atoms with van der Waals surface area (Å²) in [6, 6.07) is 1.27. The van der Waals surface area contributed by atoms with Gasteiger partial charge in [0.05, 0.1) is 13.2 Å². The largest absolute Gasteiger partial charge is 0.506 e. The number of halogens is 1. The van der Waals surface area contributed by atoms with Crippen LogP contribution in [-0.4, -0.2) is 76.3 Å². The van der Waals surface area contributed by atoms with Crippen LogP contribution in [0.3, 0.4) is 0 Å². The van der Waals surface area contributed by atoms with Crippen molar-refractivity contribution in [3.63, 3.8) is 0 Å². The van der Waals surface area contributed by atoms with Crippen LogP contribution in [0.25, 0.3) is 0 Å². The minimum atomic E-state index is -4.27. The summed E-state index contributed by atoms with van der Waals surface area (Å²) in [5, 5.41) is 15.1. The number of benzene rings is 1. The zero-order valence-electron chi connectivity index (χ0n) is 15.5. The van der Waals surface area contributed by atoms with Crippen molar-refractivity contribution >= 4 is 33.5 Å². The van der Waals surface area contributed by atoms with Gasteiger partial charge in [-0.05, 0) is 19.0 Å². The van der Waals surface area contributed by atoms with Crippen molar-refractivity contribution < 1.29 is 32.2 Å². The first-order chi connectivity index (χ1) is 13.8. The molecule has 29 heavy (non-hydrogen) atoms. The highest BCUT2D eigenvalue weighted by molar-refractivity contribution is 7.92. The predicted octanol–water partition coefficient (Wildman–Crippen LogP) is -0.444. The first-order valence-electron chi connectivity index (χ1n) is 8.97. The molecule has 2 saturated heterocycles. The van der Waals surface area contributed by atoms with Gasteiger partial charge in [0.2, 0.25) is 0 Å². The number of urea groups is 1. The van der Waals surface area contributed by atoms with Crippen LogP contribution in [0.1, 0.15) is 6.42 Å². The molecule has 0 bridgehead atoms. The molecular weight excluding hydrogens is 409 g/mol. The second-order valence-electron chi connectivity index (χ2n) is 6.55. The number of nitrogens with zero attached hydrogens (tertiary/aromatic N) is 2. The van der Waals surface area contributed by atoms with E-state index in [0.717, 1.165) is 38.2 Å². The maximum absolute atomic E-state index is 14.4. The average molecular weight is 431 g/mol. The van der Waals surface area contributed by atoms with Crippen molar-refractivity contribution in [2.75, 3.05) is 55.6 Å². The minimum absolute atomic E-state index is 0.0645. The van der Waals surface area contributed by atoms with Crippen LogP contribution in [0.2, 0.25) is 0 Å². The maximum Gasteiger partial charge on any atom is 0.326 e. The van der Waals surface area contributed by atoms with Crippen LogP contribution < -0.4 is 19.7 Å². The quantitative estimate of drug-likeness (QED) is 0.448. The number of carbonyl (C=O) groups is 2. The Labute approximate surface area is 167 Å². The Morgan fingerprint density at radius 2 is 2.03 bits per heavy atom. The summed E-state index contributed by atoms with van der Waals surface area (Å²) in [7, 11) is -4.27. The third kappa shape index (κ3) is 5.25. The highest BCUT2D eigenvalue weighted by Crippen LogP contribution is 2.35. The van der Waals surface area contributed by atoms with Crippen LogP contribution in [0.5, 0.6) is 5.75 Å². The van der Waals surface area contributed by atoms with E-state index in [1.807, 2.05) is 0 Å². The number of phenolic OH excluding ortho intramolecular Hbond substituents is 1. The molecule has 0 aliphatic carbocycles. The minimum Gasteiger partial charge on any atom is -0.506 e. The molecule has 3 amide bonds. The van der Waals surface area contributed by atoms with Crippen LogP contribution in [0.15, 0.2) is 12.1 Å². The fourth-order valence-electron chi connectivity index (χ4n) is 3.05. The monoisotopic (exact) mass is 431 g/mol. The summed E-state index contributed by atoms with van der Waals surface area (Å²) in [4.78, 5) is 25.5. The van der Waals surface area contributed by atoms with E-state index in [4.69, 9.17) is 4.74 Å². The fraction of sp³-hybridized carbons (Fsp3) is 0.500. The van der Waals surface area contributed by atoms with Crippen molar-refractivity contribution in [1.82, 2.24) is 14.9 Å². The van der Waals surface area contributed by atoms with Crippen molar-refractivity contribution in [3.8, 4) is 5.75 Å². The third-order valence-corrected chi connectivity index (χ3v) is 5.79. The van der Waals surface area contributed by atoms with E-state index in [0.29, 0.717) is 24.1 Å². The molecule has 160 valence electrons.